The second-order valence-electron chi connectivity index (χ2n) is 5.45. The van der Waals surface area contributed by atoms with Gasteiger partial charge in [-0.3, -0.25) is 9.79 Å². The summed E-state index contributed by atoms with van der Waals surface area (Å²) in [4.78, 5) is 16.1. The van der Waals surface area contributed by atoms with Crippen LogP contribution < -0.4 is 25.8 Å². The summed E-state index contributed by atoms with van der Waals surface area (Å²) >= 11 is 0. The summed E-state index contributed by atoms with van der Waals surface area (Å²) in [6, 6.07) is 11.7. The van der Waals surface area contributed by atoms with E-state index in [1.807, 2.05) is 0 Å². The highest BCUT2D eigenvalue weighted by Crippen LogP contribution is 2.23. The lowest BCUT2D eigenvalue weighted by Crippen LogP contribution is -2.28. The molecule has 29 heavy (non-hydrogen) atoms. The minimum Gasteiger partial charge on any atom is -0.497 e. The third-order valence-electron chi connectivity index (χ3n) is 3.37. The van der Waals surface area contributed by atoms with Crippen molar-refractivity contribution in [3.8, 4) is 11.5 Å². The summed E-state index contributed by atoms with van der Waals surface area (Å²) < 4.78 is 45.2. The van der Waals surface area contributed by atoms with E-state index in [1.54, 1.807) is 24.3 Å². The maximum absolute atomic E-state index is 12.1. The Labute approximate surface area is 182 Å². The molecule has 0 saturated carbocycles. The van der Waals surface area contributed by atoms with Gasteiger partial charge < -0.3 is 25.8 Å². The number of ether oxygens (including phenoxy) is 2. The summed E-state index contributed by atoms with van der Waals surface area (Å²) in [6.45, 7) is 0.459. The van der Waals surface area contributed by atoms with Crippen LogP contribution in [0.25, 0.3) is 0 Å². The van der Waals surface area contributed by atoms with Gasteiger partial charge in [0.05, 0.1) is 13.7 Å². The van der Waals surface area contributed by atoms with Gasteiger partial charge in [-0.05, 0) is 42.5 Å². The van der Waals surface area contributed by atoms with Gasteiger partial charge in [0.15, 0.2) is 5.96 Å². The summed E-state index contributed by atoms with van der Waals surface area (Å²) in [5.41, 5.74) is 6.60. The second-order valence-corrected chi connectivity index (χ2v) is 5.45. The lowest BCUT2D eigenvalue weighted by molar-refractivity contribution is -0.274. The number of halogens is 4. The first-order valence-corrected chi connectivity index (χ1v) is 8.12. The van der Waals surface area contributed by atoms with Gasteiger partial charge in [0, 0.05) is 17.8 Å². The molecule has 0 heterocycles. The average molecular weight is 524 g/mol. The largest absolute Gasteiger partial charge is 0.573 e. The van der Waals surface area contributed by atoms with E-state index in [-0.39, 0.29) is 54.7 Å². The number of nitrogens with two attached hydrogens (primary N) is 1. The number of hydrogen-bond donors (Lipinski definition) is 3. The van der Waals surface area contributed by atoms with Gasteiger partial charge in [-0.2, -0.15) is 0 Å². The number of aliphatic imine (C=N–C) groups is 1. The van der Waals surface area contributed by atoms with Crippen LogP contribution in [0.1, 0.15) is 10.4 Å². The Bertz CT molecular complexity index is 830. The highest BCUT2D eigenvalue weighted by Gasteiger charge is 2.30. The number of alkyl halides is 3. The van der Waals surface area contributed by atoms with Gasteiger partial charge >= 0.3 is 6.36 Å². The van der Waals surface area contributed by atoms with E-state index >= 15 is 0 Å². The molecule has 158 valence electrons. The number of amides is 1. The van der Waals surface area contributed by atoms with Gasteiger partial charge in [0.2, 0.25) is 0 Å². The lowest BCUT2D eigenvalue weighted by atomic mass is 10.2. The number of nitrogens with one attached hydrogen (secondary N) is 2. The molecule has 0 aromatic heterocycles. The summed E-state index contributed by atoms with van der Waals surface area (Å²) in [7, 11) is 1.51. The number of methoxy groups -OCH3 is 1. The zero-order valence-electron chi connectivity index (χ0n) is 15.3. The molecular formula is C18H20F3IN4O3. The molecule has 2 rings (SSSR count). The first-order chi connectivity index (χ1) is 13.3. The number of carbonyl (C=O) groups excluding carboxylic acids is 1. The van der Waals surface area contributed by atoms with E-state index in [0.29, 0.717) is 17.0 Å². The van der Waals surface area contributed by atoms with Crippen molar-refractivity contribution in [2.24, 2.45) is 10.7 Å². The predicted molar refractivity (Wildman–Crippen MR) is 114 cm³/mol. The molecule has 0 aliphatic heterocycles. The quantitative estimate of drug-likeness (QED) is 0.224. The van der Waals surface area contributed by atoms with Crippen LogP contribution in [-0.4, -0.2) is 38.4 Å². The second kappa shape index (κ2) is 11.3. The molecule has 7 nitrogen and oxygen atoms in total. The Morgan fingerprint density at radius 1 is 1.14 bits per heavy atom. The number of benzene rings is 2. The van der Waals surface area contributed by atoms with Crippen molar-refractivity contribution in [3.05, 3.63) is 54.1 Å². The molecule has 0 atom stereocenters. The van der Waals surface area contributed by atoms with E-state index in [0.717, 1.165) is 12.1 Å². The van der Waals surface area contributed by atoms with Crippen LogP contribution in [0.4, 0.5) is 18.9 Å². The predicted octanol–water partition coefficient (Wildman–Crippen LogP) is 3.37. The van der Waals surface area contributed by atoms with Crippen molar-refractivity contribution < 1.29 is 27.4 Å². The Balaban J connectivity index is 0.00000420. The average Bonchev–Trinajstić information content (AvgIpc) is 2.65. The van der Waals surface area contributed by atoms with E-state index < -0.39 is 6.36 Å². The van der Waals surface area contributed by atoms with Crippen LogP contribution in [0.15, 0.2) is 53.5 Å². The Morgan fingerprint density at radius 2 is 1.83 bits per heavy atom. The molecule has 2 aromatic rings. The highest BCUT2D eigenvalue weighted by molar-refractivity contribution is 14.0. The number of carbonyl (C=O) groups is 1. The molecule has 0 bridgehead atoms. The molecule has 11 heteroatoms. The molecule has 0 radical (unpaired) electrons. The van der Waals surface area contributed by atoms with E-state index in [4.69, 9.17) is 10.5 Å². The SMILES string of the molecule is COc1cccc(C(=O)NCCN=C(N)Nc2ccc(OC(F)(F)F)cc2)c1.I. The minimum atomic E-state index is -4.75. The first-order valence-electron chi connectivity index (χ1n) is 8.12. The molecular weight excluding hydrogens is 504 g/mol. The normalized spacial score (nSPS) is 11.2. The molecule has 4 N–H and O–H groups in total. The van der Waals surface area contributed by atoms with Gasteiger partial charge in [0.1, 0.15) is 11.5 Å². The first kappa shape index (κ1) is 24.3. The van der Waals surface area contributed by atoms with Crippen molar-refractivity contribution in [1.82, 2.24) is 5.32 Å². The molecule has 0 spiro atoms. The fourth-order valence-corrected chi connectivity index (χ4v) is 2.14. The maximum atomic E-state index is 12.1. The van der Waals surface area contributed by atoms with E-state index in [9.17, 15) is 18.0 Å². The standard InChI is InChI=1S/C18H19F3N4O3.HI/c1-27-15-4-2-3-12(11-15)16(26)23-9-10-24-17(22)25-13-5-7-14(8-6-13)28-18(19,20)21;/h2-8,11H,9-10H2,1H3,(H,23,26)(H3,22,24,25);1H. The Morgan fingerprint density at radius 3 is 2.45 bits per heavy atom. The third-order valence-corrected chi connectivity index (χ3v) is 3.37. The summed E-state index contributed by atoms with van der Waals surface area (Å²) in [6.07, 6.45) is -4.75. The molecule has 2 aromatic carbocycles. The van der Waals surface area contributed by atoms with Crippen LogP contribution in [0.3, 0.4) is 0 Å². The molecule has 0 aliphatic carbocycles. The van der Waals surface area contributed by atoms with Gasteiger partial charge in [-0.1, -0.05) is 6.07 Å². The molecule has 0 saturated heterocycles. The monoisotopic (exact) mass is 524 g/mol. The molecule has 0 fully saturated rings. The highest BCUT2D eigenvalue weighted by atomic mass is 127. The number of hydrogen-bond acceptors (Lipinski definition) is 4. The molecule has 1 amide bonds. The van der Waals surface area contributed by atoms with Crippen LogP contribution in [-0.2, 0) is 0 Å². The maximum Gasteiger partial charge on any atom is 0.573 e. The smallest absolute Gasteiger partial charge is 0.497 e. The summed E-state index contributed by atoms with van der Waals surface area (Å²) in [5.74, 6) is 0.0144. The topological polar surface area (TPSA) is 98.0 Å². The Kier molecular flexibility index (Phi) is 9.51. The number of rotatable bonds is 7. The van der Waals surface area contributed by atoms with Crippen molar-refractivity contribution in [2.45, 2.75) is 6.36 Å². The van der Waals surface area contributed by atoms with Gasteiger partial charge in [-0.15, -0.1) is 37.1 Å². The fourth-order valence-electron chi connectivity index (χ4n) is 2.14. The van der Waals surface area contributed by atoms with Crippen molar-refractivity contribution in [3.63, 3.8) is 0 Å². The Hall–Kier alpha value is -2.70. The zero-order chi connectivity index (χ0) is 20.6. The van der Waals surface area contributed by atoms with Gasteiger partial charge in [0.25, 0.3) is 5.91 Å². The fraction of sp³-hybridized carbons (Fsp3) is 0.222. The van der Waals surface area contributed by atoms with Crippen LogP contribution in [0, 0.1) is 0 Å². The van der Waals surface area contributed by atoms with Crippen molar-refractivity contribution in [1.29, 1.82) is 0 Å². The summed E-state index contributed by atoms with van der Waals surface area (Å²) in [5, 5.41) is 5.42. The van der Waals surface area contributed by atoms with E-state index in [2.05, 4.69) is 20.4 Å². The van der Waals surface area contributed by atoms with Crippen LogP contribution in [0.5, 0.6) is 11.5 Å². The number of guanidine groups is 1. The lowest BCUT2D eigenvalue weighted by Gasteiger charge is -2.10. The molecule has 0 aliphatic rings. The van der Waals surface area contributed by atoms with Crippen LogP contribution in [0.2, 0.25) is 0 Å². The van der Waals surface area contributed by atoms with Crippen molar-refractivity contribution in [2.75, 3.05) is 25.5 Å². The van der Waals surface area contributed by atoms with Crippen LogP contribution >= 0.6 is 24.0 Å². The number of anilines is 1. The van der Waals surface area contributed by atoms with Crippen molar-refractivity contribution >= 4 is 41.5 Å². The third kappa shape index (κ3) is 8.89. The van der Waals surface area contributed by atoms with E-state index in [1.165, 1.54) is 19.2 Å². The zero-order valence-corrected chi connectivity index (χ0v) is 17.7. The molecule has 0 unspecified atom stereocenters. The number of nitrogens with zero attached hydrogens (tertiary/aromatic N) is 1. The van der Waals surface area contributed by atoms with Gasteiger partial charge in [-0.25, -0.2) is 0 Å². The minimum absolute atomic E-state index is 0.